The fourth-order valence-electron chi connectivity index (χ4n) is 0.261. The first-order chi connectivity index (χ1) is 4.19. The summed E-state index contributed by atoms with van der Waals surface area (Å²) in [6, 6.07) is 0. The van der Waals surface area contributed by atoms with Crippen LogP contribution in [0.25, 0.3) is 0 Å². The maximum Gasteiger partial charge on any atom is 0.181 e. The first kappa shape index (κ1) is 10.1. The van der Waals surface area contributed by atoms with E-state index in [1.54, 1.807) is 0 Å². The lowest BCUT2D eigenvalue weighted by Gasteiger charge is -2.15. The van der Waals surface area contributed by atoms with Gasteiger partial charge in [-0.2, -0.15) is 0 Å². The van der Waals surface area contributed by atoms with Crippen molar-refractivity contribution < 1.29 is 13.2 Å². The number of hydrogen-bond donors (Lipinski definition) is 0. The molecular weight excluding hydrogens is 220 g/mol. The van der Waals surface area contributed by atoms with Gasteiger partial charge in [-0.15, -0.1) is 0 Å². The number of halogens is 1. The second-order valence-corrected chi connectivity index (χ2v) is 6.72. The average molecular weight is 229 g/mol. The van der Waals surface area contributed by atoms with Gasteiger partial charge in [0.1, 0.15) is 0 Å². The second-order valence-electron chi connectivity index (χ2n) is 2.25. The molecule has 0 saturated carbocycles. The number of carbonyl (C=O) groups excluding carboxylic acids is 1. The number of alkyl halides is 1. The molecule has 0 fully saturated rings. The van der Waals surface area contributed by atoms with E-state index in [1.165, 1.54) is 13.8 Å². The molecule has 0 unspecified atom stereocenters. The SMILES string of the molecule is CC(=O)[C@](C)(Br)S(C)(=O)=O. The highest BCUT2D eigenvalue weighted by Crippen LogP contribution is 2.24. The fourth-order valence-corrected chi connectivity index (χ4v) is 0.783. The third-order valence-electron chi connectivity index (χ3n) is 1.33. The van der Waals surface area contributed by atoms with Crippen molar-refractivity contribution in [2.45, 2.75) is 17.5 Å². The first-order valence-electron chi connectivity index (χ1n) is 2.59. The molecule has 0 spiro atoms. The molecule has 0 aliphatic carbocycles. The van der Waals surface area contributed by atoms with E-state index in [0.717, 1.165) is 6.26 Å². The highest BCUT2D eigenvalue weighted by molar-refractivity contribution is 9.12. The molecule has 3 nitrogen and oxygen atoms in total. The predicted octanol–water partition coefficient (Wildman–Crippen LogP) is 0.731. The molecule has 0 saturated heterocycles. The monoisotopic (exact) mass is 228 g/mol. The summed E-state index contributed by atoms with van der Waals surface area (Å²) in [6.07, 6.45) is 1.02. The minimum Gasteiger partial charge on any atom is -0.297 e. The normalized spacial score (nSPS) is 18.0. The van der Waals surface area contributed by atoms with E-state index >= 15 is 0 Å². The Balaban J connectivity index is 4.95. The lowest BCUT2D eigenvalue weighted by molar-refractivity contribution is -0.116. The molecule has 0 aromatic heterocycles. The molecule has 0 aromatic carbocycles. The fraction of sp³-hybridized carbons (Fsp3) is 0.800. The minimum absolute atomic E-state index is 0.407. The van der Waals surface area contributed by atoms with Gasteiger partial charge in [0, 0.05) is 6.26 Å². The van der Waals surface area contributed by atoms with Gasteiger partial charge in [-0.25, -0.2) is 8.42 Å². The average Bonchev–Trinajstić information content (AvgIpc) is 1.62. The molecule has 0 N–H and O–H groups in total. The third kappa shape index (κ3) is 1.79. The Hall–Kier alpha value is 0.1000. The number of sulfone groups is 1. The van der Waals surface area contributed by atoms with Gasteiger partial charge in [-0.3, -0.25) is 4.79 Å². The van der Waals surface area contributed by atoms with Crippen LogP contribution in [0, 0.1) is 0 Å². The molecule has 5 heteroatoms. The third-order valence-corrected chi connectivity index (χ3v) is 5.33. The van der Waals surface area contributed by atoms with Crippen LogP contribution in [0.5, 0.6) is 0 Å². The number of rotatable bonds is 2. The highest BCUT2D eigenvalue weighted by Gasteiger charge is 2.37. The standard InChI is InChI=1S/C5H9BrO3S/c1-4(7)5(2,6)10(3,8)9/h1-3H3/t5-/m1/s1. The number of ketones is 1. The Labute approximate surface area is 68.9 Å². The van der Waals surface area contributed by atoms with Gasteiger partial charge in [-0.05, 0) is 13.8 Å². The van der Waals surface area contributed by atoms with Crippen molar-refractivity contribution in [1.29, 1.82) is 0 Å². The Bertz CT molecular complexity index is 240. The lowest BCUT2D eigenvalue weighted by Crippen LogP contribution is -2.34. The zero-order valence-corrected chi connectivity index (χ0v) is 8.41. The summed E-state index contributed by atoms with van der Waals surface area (Å²) in [4.78, 5) is 10.7. The molecule has 0 aliphatic heterocycles. The maximum absolute atomic E-state index is 10.8. The van der Waals surface area contributed by atoms with Crippen molar-refractivity contribution in [3.63, 3.8) is 0 Å². The van der Waals surface area contributed by atoms with E-state index < -0.39 is 19.3 Å². The van der Waals surface area contributed by atoms with Gasteiger partial charge in [0.25, 0.3) is 0 Å². The van der Waals surface area contributed by atoms with Crippen LogP contribution in [0.4, 0.5) is 0 Å². The van der Waals surface area contributed by atoms with Crippen molar-refractivity contribution in [1.82, 2.24) is 0 Å². The van der Waals surface area contributed by atoms with Crippen molar-refractivity contribution in [2.75, 3.05) is 6.26 Å². The largest absolute Gasteiger partial charge is 0.297 e. The van der Waals surface area contributed by atoms with Gasteiger partial charge >= 0.3 is 0 Å². The summed E-state index contributed by atoms with van der Waals surface area (Å²) < 4.78 is 20.2. The van der Waals surface area contributed by atoms with Crippen LogP contribution in [0.1, 0.15) is 13.8 Å². The summed E-state index contributed by atoms with van der Waals surface area (Å²) in [5.74, 6) is -0.407. The second kappa shape index (κ2) is 2.62. The minimum atomic E-state index is -3.33. The molecule has 0 bridgehead atoms. The van der Waals surface area contributed by atoms with E-state index in [-0.39, 0.29) is 0 Å². The van der Waals surface area contributed by atoms with Gasteiger partial charge < -0.3 is 0 Å². The summed E-state index contributed by atoms with van der Waals surface area (Å²) in [7, 11) is -3.33. The van der Waals surface area contributed by atoms with Crippen LogP contribution in [0.15, 0.2) is 0 Å². The Kier molecular flexibility index (Phi) is 2.64. The van der Waals surface area contributed by atoms with Crippen LogP contribution >= 0.6 is 15.9 Å². The lowest BCUT2D eigenvalue weighted by atomic mass is 10.3. The summed E-state index contributed by atoms with van der Waals surface area (Å²) in [5, 5.41) is 0. The molecule has 1 atom stereocenters. The Morgan fingerprint density at radius 2 is 1.80 bits per heavy atom. The Morgan fingerprint density at radius 3 is 1.80 bits per heavy atom. The molecule has 0 aromatic rings. The maximum atomic E-state index is 10.8. The smallest absolute Gasteiger partial charge is 0.181 e. The highest BCUT2D eigenvalue weighted by atomic mass is 79.9. The van der Waals surface area contributed by atoms with Crippen LogP contribution in [0.3, 0.4) is 0 Å². The molecule has 0 heterocycles. The summed E-state index contributed by atoms with van der Waals surface area (Å²) >= 11 is 2.83. The van der Waals surface area contributed by atoms with Crippen molar-refractivity contribution in [2.24, 2.45) is 0 Å². The van der Waals surface area contributed by atoms with Gasteiger partial charge in [0.15, 0.2) is 19.3 Å². The van der Waals surface area contributed by atoms with Gasteiger partial charge in [-0.1, -0.05) is 15.9 Å². The topological polar surface area (TPSA) is 51.2 Å². The number of carbonyl (C=O) groups is 1. The van der Waals surface area contributed by atoms with E-state index in [0.29, 0.717) is 0 Å². The molecule has 60 valence electrons. The molecule has 10 heavy (non-hydrogen) atoms. The first-order valence-corrected chi connectivity index (χ1v) is 5.27. The van der Waals surface area contributed by atoms with Crippen LogP contribution in [-0.2, 0) is 14.6 Å². The van der Waals surface area contributed by atoms with Crippen molar-refractivity contribution in [3.05, 3.63) is 0 Å². The summed E-state index contributed by atoms with van der Waals surface area (Å²) in [5.41, 5.74) is 0. The van der Waals surface area contributed by atoms with E-state index in [2.05, 4.69) is 15.9 Å². The number of hydrogen-bond acceptors (Lipinski definition) is 3. The molecule has 0 radical (unpaired) electrons. The van der Waals surface area contributed by atoms with Crippen LogP contribution in [-0.4, -0.2) is 24.1 Å². The van der Waals surface area contributed by atoms with Crippen LogP contribution in [0.2, 0.25) is 0 Å². The van der Waals surface area contributed by atoms with Gasteiger partial charge in [0.2, 0.25) is 0 Å². The van der Waals surface area contributed by atoms with Crippen molar-refractivity contribution in [3.8, 4) is 0 Å². The van der Waals surface area contributed by atoms with Gasteiger partial charge in [0.05, 0.1) is 0 Å². The van der Waals surface area contributed by atoms with Crippen LogP contribution < -0.4 is 0 Å². The van der Waals surface area contributed by atoms with E-state index in [4.69, 9.17) is 0 Å². The Morgan fingerprint density at radius 1 is 1.50 bits per heavy atom. The quantitative estimate of drug-likeness (QED) is 0.656. The van der Waals surface area contributed by atoms with Crippen molar-refractivity contribution >= 4 is 31.6 Å². The predicted molar refractivity (Wildman–Crippen MR) is 42.9 cm³/mol. The molecular formula is C5H9BrO3S. The molecule has 0 rings (SSSR count). The molecule has 0 amide bonds. The van der Waals surface area contributed by atoms with E-state index in [9.17, 15) is 13.2 Å². The molecule has 0 aliphatic rings. The summed E-state index contributed by atoms with van der Waals surface area (Å²) in [6.45, 7) is 2.56. The zero-order valence-electron chi connectivity index (χ0n) is 6.01. The number of Topliss-reactive ketones (excluding diaryl/α,β-unsaturated/α-hetero) is 1. The zero-order chi connectivity index (χ0) is 8.58. The van der Waals surface area contributed by atoms with E-state index in [1.807, 2.05) is 0 Å².